The molecule has 1 heterocycles. The lowest BCUT2D eigenvalue weighted by Crippen LogP contribution is -2.40. The van der Waals surface area contributed by atoms with Crippen molar-refractivity contribution < 1.29 is 28.4 Å². The van der Waals surface area contributed by atoms with Crippen LogP contribution in [0.25, 0.3) is 11.1 Å². The normalized spacial score (nSPS) is 10.2. The number of hydrogen-bond donors (Lipinski definition) is 1. The van der Waals surface area contributed by atoms with Gasteiger partial charge in [-0.2, -0.15) is 4.57 Å². The lowest BCUT2D eigenvalue weighted by Gasteiger charge is -2.10. The second-order valence-corrected chi connectivity index (χ2v) is 6.42. The minimum atomic E-state index is -0.625. The number of anilines is 1. The van der Waals surface area contributed by atoms with E-state index in [4.69, 9.17) is 9.47 Å². The summed E-state index contributed by atoms with van der Waals surface area (Å²) in [5.74, 6) is -1.57. The van der Waals surface area contributed by atoms with Gasteiger partial charge in [-0.25, -0.2) is 9.59 Å². The largest absolute Gasteiger partial charge is 0.465 e. The van der Waals surface area contributed by atoms with Crippen LogP contribution in [0.4, 0.5) is 5.69 Å². The Bertz CT molecular complexity index is 1080. The van der Waals surface area contributed by atoms with Crippen molar-refractivity contribution in [2.45, 2.75) is 6.54 Å². The van der Waals surface area contributed by atoms with Crippen molar-refractivity contribution >= 4 is 23.5 Å². The molecule has 152 valence electrons. The van der Waals surface area contributed by atoms with Gasteiger partial charge < -0.3 is 14.8 Å². The summed E-state index contributed by atoms with van der Waals surface area (Å²) in [5.41, 5.74) is 2.52. The summed E-state index contributed by atoms with van der Waals surface area (Å²) in [5, 5.41) is 2.68. The molecule has 0 aliphatic heterocycles. The SMILES string of the molecule is COC(=O)c1ccc(C(=O)OC)c(NC(=O)C[n+]2cccc(-c3ccccc3)c2)c1. The summed E-state index contributed by atoms with van der Waals surface area (Å²) in [7, 11) is 2.50. The molecule has 0 radical (unpaired) electrons. The molecule has 0 aliphatic carbocycles. The Kier molecular flexibility index (Phi) is 6.54. The number of hydrogen-bond acceptors (Lipinski definition) is 5. The number of aromatic nitrogens is 1. The van der Waals surface area contributed by atoms with Crippen molar-refractivity contribution in [1.82, 2.24) is 0 Å². The van der Waals surface area contributed by atoms with Crippen LogP contribution in [-0.4, -0.2) is 32.1 Å². The Morgan fingerprint density at radius 1 is 0.867 bits per heavy atom. The van der Waals surface area contributed by atoms with E-state index in [0.717, 1.165) is 11.1 Å². The van der Waals surface area contributed by atoms with Crippen LogP contribution in [-0.2, 0) is 20.8 Å². The zero-order valence-electron chi connectivity index (χ0n) is 16.6. The van der Waals surface area contributed by atoms with Gasteiger partial charge in [0, 0.05) is 11.6 Å². The smallest absolute Gasteiger partial charge is 0.339 e. The van der Waals surface area contributed by atoms with Gasteiger partial charge in [0.2, 0.25) is 6.54 Å². The van der Waals surface area contributed by atoms with Gasteiger partial charge in [0.05, 0.1) is 31.0 Å². The van der Waals surface area contributed by atoms with Crippen molar-refractivity contribution in [2.24, 2.45) is 0 Å². The van der Waals surface area contributed by atoms with Crippen molar-refractivity contribution in [3.05, 3.63) is 84.2 Å². The molecule has 1 amide bonds. The number of amides is 1. The van der Waals surface area contributed by atoms with Crippen molar-refractivity contribution in [3.8, 4) is 11.1 Å². The highest BCUT2D eigenvalue weighted by Crippen LogP contribution is 2.20. The van der Waals surface area contributed by atoms with E-state index in [1.54, 1.807) is 10.8 Å². The molecule has 3 rings (SSSR count). The van der Waals surface area contributed by atoms with Gasteiger partial charge in [-0.15, -0.1) is 0 Å². The van der Waals surface area contributed by atoms with E-state index >= 15 is 0 Å². The van der Waals surface area contributed by atoms with Crippen LogP contribution in [0.3, 0.4) is 0 Å². The van der Waals surface area contributed by atoms with E-state index in [2.05, 4.69) is 5.32 Å². The van der Waals surface area contributed by atoms with Crippen molar-refractivity contribution in [2.75, 3.05) is 19.5 Å². The molecule has 0 atom stereocenters. The maximum absolute atomic E-state index is 12.6. The maximum atomic E-state index is 12.6. The minimum Gasteiger partial charge on any atom is -0.465 e. The van der Waals surface area contributed by atoms with Crippen molar-refractivity contribution in [3.63, 3.8) is 0 Å². The zero-order chi connectivity index (χ0) is 21.5. The van der Waals surface area contributed by atoms with Crippen molar-refractivity contribution in [1.29, 1.82) is 0 Å². The monoisotopic (exact) mass is 405 g/mol. The number of methoxy groups -OCH3 is 2. The molecular formula is C23H21N2O5+. The molecule has 1 aromatic heterocycles. The third-order valence-corrected chi connectivity index (χ3v) is 4.41. The van der Waals surface area contributed by atoms with Crippen LogP contribution < -0.4 is 9.88 Å². The number of nitrogens with one attached hydrogen (secondary N) is 1. The van der Waals surface area contributed by atoms with E-state index in [9.17, 15) is 14.4 Å². The van der Waals surface area contributed by atoms with Gasteiger partial charge >= 0.3 is 11.9 Å². The average molecular weight is 405 g/mol. The highest BCUT2D eigenvalue weighted by Gasteiger charge is 2.19. The molecule has 0 aliphatic rings. The van der Waals surface area contributed by atoms with E-state index in [-0.39, 0.29) is 29.3 Å². The molecule has 0 bridgehead atoms. The number of esters is 2. The molecule has 1 N–H and O–H groups in total. The van der Waals surface area contributed by atoms with Crippen LogP contribution in [0.1, 0.15) is 20.7 Å². The quantitative estimate of drug-likeness (QED) is 0.504. The molecule has 7 heteroatoms. The summed E-state index contributed by atoms with van der Waals surface area (Å²) in [4.78, 5) is 36.5. The number of nitrogens with zero attached hydrogens (tertiary/aromatic N) is 1. The van der Waals surface area contributed by atoms with Crippen LogP contribution >= 0.6 is 0 Å². The van der Waals surface area contributed by atoms with Crippen LogP contribution in [0.15, 0.2) is 73.1 Å². The first-order valence-electron chi connectivity index (χ1n) is 9.17. The fourth-order valence-corrected chi connectivity index (χ4v) is 2.96. The Morgan fingerprint density at radius 2 is 1.57 bits per heavy atom. The Hall–Kier alpha value is -4.00. The van der Waals surface area contributed by atoms with Gasteiger partial charge in [0.1, 0.15) is 0 Å². The number of ether oxygens (including phenoxy) is 2. The number of benzene rings is 2. The lowest BCUT2D eigenvalue weighted by molar-refractivity contribution is -0.683. The van der Waals surface area contributed by atoms with E-state index in [1.165, 1.54) is 32.4 Å². The highest BCUT2D eigenvalue weighted by molar-refractivity contribution is 6.03. The summed E-state index contributed by atoms with van der Waals surface area (Å²) in [6.45, 7) is 0.0176. The summed E-state index contributed by atoms with van der Waals surface area (Å²) in [6.07, 6.45) is 3.64. The van der Waals surface area contributed by atoms with E-state index in [1.807, 2.05) is 48.7 Å². The first kappa shape index (κ1) is 20.7. The standard InChI is InChI=1S/C23H20N2O5/c1-29-22(27)17-10-11-19(23(28)30-2)20(13-17)24-21(26)15-25-12-6-9-18(14-25)16-7-4-3-5-8-16/h3-14H,15H2,1-2H3/p+1. The van der Waals surface area contributed by atoms with Gasteiger partial charge in [-0.1, -0.05) is 30.3 Å². The molecule has 2 aromatic carbocycles. The molecule has 0 fully saturated rings. The molecule has 7 nitrogen and oxygen atoms in total. The van der Waals surface area contributed by atoms with E-state index < -0.39 is 11.9 Å². The molecular weight excluding hydrogens is 384 g/mol. The number of carbonyl (C=O) groups excluding carboxylic acids is 3. The van der Waals surface area contributed by atoms with Crippen LogP contribution in [0.5, 0.6) is 0 Å². The van der Waals surface area contributed by atoms with Crippen LogP contribution in [0, 0.1) is 0 Å². The molecule has 0 spiro atoms. The Labute approximate surface area is 173 Å². The van der Waals surface area contributed by atoms with E-state index in [0.29, 0.717) is 0 Å². The Morgan fingerprint density at radius 3 is 2.27 bits per heavy atom. The fourth-order valence-electron chi connectivity index (χ4n) is 2.96. The van der Waals surface area contributed by atoms with Gasteiger partial charge in [-0.3, -0.25) is 4.79 Å². The first-order valence-corrected chi connectivity index (χ1v) is 9.17. The molecule has 3 aromatic rings. The third-order valence-electron chi connectivity index (χ3n) is 4.41. The average Bonchev–Trinajstić information content (AvgIpc) is 2.78. The topological polar surface area (TPSA) is 85.6 Å². The number of carbonyl (C=O) groups is 3. The summed E-state index contributed by atoms with van der Waals surface area (Å²) >= 11 is 0. The Balaban J connectivity index is 1.82. The molecule has 0 unspecified atom stereocenters. The summed E-state index contributed by atoms with van der Waals surface area (Å²) in [6, 6.07) is 17.9. The van der Waals surface area contributed by atoms with Gasteiger partial charge in [0.15, 0.2) is 12.4 Å². The second-order valence-electron chi connectivity index (χ2n) is 6.42. The first-order chi connectivity index (χ1) is 14.5. The van der Waals surface area contributed by atoms with Crippen LogP contribution in [0.2, 0.25) is 0 Å². The van der Waals surface area contributed by atoms with Gasteiger partial charge in [0.25, 0.3) is 5.91 Å². The number of rotatable bonds is 6. The molecule has 0 saturated heterocycles. The third kappa shape index (κ3) is 4.88. The lowest BCUT2D eigenvalue weighted by atomic mass is 10.1. The summed E-state index contributed by atoms with van der Waals surface area (Å²) < 4.78 is 11.2. The molecule has 30 heavy (non-hydrogen) atoms. The zero-order valence-corrected chi connectivity index (χ0v) is 16.6. The fraction of sp³-hybridized carbons (Fsp3) is 0.130. The maximum Gasteiger partial charge on any atom is 0.339 e. The number of pyridine rings is 1. The highest BCUT2D eigenvalue weighted by atomic mass is 16.5. The second kappa shape index (κ2) is 9.47. The minimum absolute atomic E-state index is 0.0176. The predicted molar refractivity (Wildman–Crippen MR) is 110 cm³/mol. The predicted octanol–water partition coefficient (Wildman–Crippen LogP) is 2.85. The molecule has 0 saturated carbocycles. The van der Waals surface area contributed by atoms with Gasteiger partial charge in [-0.05, 0) is 29.8 Å².